The molecule has 1 aliphatic carbocycles. The third kappa shape index (κ3) is 5.31. The smallest absolute Gasteiger partial charge is 0.326 e. The van der Waals surface area contributed by atoms with Crippen molar-refractivity contribution in [1.29, 1.82) is 0 Å². The number of morpholine rings is 1. The number of hydrogen-bond donors (Lipinski definition) is 3. The number of fused-ring (bicyclic) bond motifs is 3. The maximum Gasteiger partial charge on any atom is 0.326 e. The largest absolute Gasteiger partial charge is 0.497 e. The van der Waals surface area contributed by atoms with Crippen LogP contribution in [0.4, 0.5) is 10.5 Å². The maximum absolute atomic E-state index is 14.6. The number of aliphatic carboxylic acids is 1. The highest BCUT2D eigenvalue weighted by Gasteiger charge is 2.82. The summed E-state index contributed by atoms with van der Waals surface area (Å²) in [6.45, 7) is 4.08. The fourth-order valence-electron chi connectivity index (χ4n) is 9.30. The van der Waals surface area contributed by atoms with Gasteiger partial charge in [-0.1, -0.05) is 61.2 Å². The Morgan fingerprint density at radius 2 is 1.62 bits per heavy atom. The number of cyclic esters (lactones) is 1. The second kappa shape index (κ2) is 14.0. The number of carbonyl (C=O) groups excluding carboxylic acids is 2. The number of carbonyl (C=O) groups is 3. The molecule has 6 atom stereocenters. The van der Waals surface area contributed by atoms with E-state index in [4.69, 9.17) is 14.2 Å². The standard InChI is InChI=1S/C44H41N3O8/c1-4-34-37(29-9-7-6-8-10-29)55-40(49)39-43(41(50)51)26-36-44(47(34)39,30-16-20-32(21-17-30)54-24-23-48)38(43)33-25-28(12-11-27-13-18-31(53-3)19-14-27)15-22-35(33)46(36)42(52)45-5-2/h6-10,13-22,25-26,34,37-39,48H,4-5,23-24H2,1-3H3,(H,45,52)(H,50,51)/t34-,37+,38+,39+,43?,44-/m1/s1. The molecule has 4 aliphatic rings. The van der Waals surface area contributed by atoms with Crippen LogP contribution in [0.1, 0.15) is 60.1 Å². The van der Waals surface area contributed by atoms with E-state index in [0.717, 1.165) is 11.1 Å². The molecule has 11 heteroatoms. The number of nitrogens with one attached hydrogen (secondary N) is 1. The Balaban J connectivity index is 1.41. The Morgan fingerprint density at radius 1 is 0.927 bits per heavy atom. The van der Waals surface area contributed by atoms with Crippen LogP contribution in [-0.2, 0) is 19.9 Å². The SMILES string of the molecule is CCNC(=O)N1C2=CC3(C(=O)O)[C@@H]4C(=O)O[C@@H](c5ccccc5)[C@@H](CC)N4[C@@]2(c2ccc(OCCO)cc2)[C@H]3c2cc(C#Cc3ccc(OC)cc3)ccc21. The minimum Gasteiger partial charge on any atom is -0.497 e. The highest BCUT2D eigenvalue weighted by atomic mass is 16.6. The normalized spacial score (nSPS) is 25.8. The molecule has 280 valence electrons. The number of aliphatic hydroxyl groups excluding tert-OH is 1. The third-order valence-corrected chi connectivity index (χ3v) is 11.3. The van der Waals surface area contributed by atoms with Crippen LogP contribution in [0.15, 0.2) is 109 Å². The molecular formula is C44H41N3O8. The lowest BCUT2D eigenvalue weighted by molar-refractivity contribution is -0.186. The molecule has 4 aromatic carbocycles. The highest BCUT2D eigenvalue weighted by Crippen LogP contribution is 2.75. The first-order valence-electron chi connectivity index (χ1n) is 18.5. The summed E-state index contributed by atoms with van der Waals surface area (Å²) < 4.78 is 17.3. The number of benzene rings is 4. The number of nitrogens with zero attached hydrogens (tertiary/aromatic N) is 2. The molecule has 1 unspecified atom stereocenters. The van der Waals surface area contributed by atoms with Crippen LogP contribution in [0.2, 0.25) is 0 Å². The van der Waals surface area contributed by atoms with E-state index in [1.807, 2.05) is 104 Å². The number of esters is 1. The number of anilines is 1. The van der Waals surface area contributed by atoms with Crippen LogP contribution in [-0.4, -0.2) is 72.0 Å². The predicted molar refractivity (Wildman–Crippen MR) is 204 cm³/mol. The van der Waals surface area contributed by atoms with Gasteiger partial charge in [-0.2, -0.15) is 0 Å². The van der Waals surface area contributed by atoms with Crippen molar-refractivity contribution in [2.24, 2.45) is 5.41 Å². The molecule has 2 fully saturated rings. The van der Waals surface area contributed by atoms with Crippen LogP contribution in [0.5, 0.6) is 11.5 Å². The molecule has 0 saturated carbocycles. The summed E-state index contributed by atoms with van der Waals surface area (Å²) in [5.41, 5.74) is 1.19. The Morgan fingerprint density at radius 3 is 2.27 bits per heavy atom. The Bertz CT molecular complexity index is 2250. The van der Waals surface area contributed by atoms with Gasteiger partial charge in [0.2, 0.25) is 0 Å². The van der Waals surface area contributed by atoms with Crippen LogP contribution >= 0.6 is 0 Å². The van der Waals surface area contributed by atoms with Crippen LogP contribution in [0.3, 0.4) is 0 Å². The number of hydrogen-bond acceptors (Lipinski definition) is 8. The quantitative estimate of drug-likeness (QED) is 0.145. The van der Waals surface area contributed by atoms with Gasteiger partial charge in [0.15, 0.2) is 0 Å². The van der Waals surface area contributed by atoms with Crippen molar-refractivity contribution in [3.05, 3.63) is 137 Å². The zero-order chi connectivity index (χ0) is 38.5. The number of methoxy groups -OCH3 is 1. The maximum atomic E-state index is 14.6. The minimum absolute atomic E-state index is 0.0930. The third-order valence-electron chi connectivity index (χ3n) is 11.3. The van der Waals surface area contributed by atoms with Crippen molar-refractivity contribution < 1.29 is 38.8 Å². The fourth-order valence-corrected chi connectivity index (χ4v) is 9.30. The molecule has 4 bridgehead atoms. The van der Waals surface area contributed by atoms with Crippen LogP contribution in [0, 0.1) is 17.3 Å². The number of urea groups is 1. The van der Waals surface area contributed by atoms with Gasteiger partial charge in [-0.05, 0) is 90.7 Å². The summed E-state index contributed by atoms with van der Waals surface area (Å²) in [7, 11) is 1.60. The zero-order valence-electron chi connectivity index (χ0n) is 30.7. The monoisotopic (exact) mass is 739 g/mol. The summed E-state index contributed by atoms with van der Waals surface area (Å²) in [6.07, 6.45) is 1.41. The Labute approximate surface area is 319 Å². The number of carboxylic acids is 1. The summed E-state index contributed by atoms with van der Waals surface area (Å²) in [6, 6.07) is 27.5. The molecule has 0 radical (unpaired) electrons. The highest BCUT2D eigenvalue weighted by molar-refractivity contribution is 6.03. The first kappa shape index (κ1) is 35.9. The molecule has 0 spiro atoms. The van der Waals surface area contributed by atoms with Crippen molar-refractivity contribution in [3.63, 3.8) is 0 Å². The molecule has 2 saturated heterocycles. The van der Waals surface area contributed by atoms with E-state index in [9.17, 15) is 24.6 Å². The molecule has 55 heavy (non-hydrogen) atoms. The van der Waals surface area contributed by atoms with Crippen molar-refractivity contribution in [2.45, 2.75) is 49.9 Å². The summed E-state index contributed by atoms with van der Waals surface area (Å²) in [4.78, 5) is 46.8. The van der Waals surface area contributed by atoms with E-state index in [-0.39, 0.29) is 13.2 Å². The average molecular weight is 740 g/mol. The van der Waals surface area contributed by atoms with E-state index in [1.54, 1.807) is 30.2 Å². The van der Waals surface area contributed by atoms with Gasteiger partial charge in [0, 0.05) is 23.6 Å². The number of aliphatic hydroxyl groups is 1. The lowest BCUT2D eigenvalue weighted by atomic mass is 9.65. The molecule has 4 aromatic rings. The second-order valence-electron chi connectivity index (χ2n) is 14.0. The molecular weight excluding hydrogens is 698 g/mol. The van der Waals surface area contributed by atoms with Gasteiger partial charge in [0.05, 0.1) is 36.7 Å². The molecule has 11 nitrogen and oxygen atoms in total. The van der Waals surface area contributed by atoms with Crippen molar-refractivity contribution in [2.75, 3.05) is 31.8 Å². The van der Waals surface area contributed by atoms with E-state index < -0.39 is 53.0 Å². The second-order valence-corrected chi connectivity index (χ2v) is 14.0. The average Bonchev–Trinajstić information content (AvgIpc) is 3.62. The lowest BCUT2D eigenvalue weighted by Gasteiger charge is -2.55. The van der Waals surface area contributed by atoms with Gasteiger partial charge in [-0.3, -0.25) is 19.4 Å². The topological polar surface area (TPSA) is 138 Å². The van der Waals surface area contributed by atoms with Gasteiger partial charge in [0.25, 0.3) is 0 Å². The van der Waals surface area contributed by atoms with E-state index >= 15 is 0 Å². The van der Waals surface area contributed by atoms with E-state index in [1.165, 1.54) is 0 Å². The van der Waals surface area contributed by atoms with Crippen LogP contribution in [0.25, 0.3) is 0 Å². The number of carboxylic acid groups (broad SMARTS) is 1. The molecule has 3 aliphatic heterocycles. The number of ether oxygens (including phenoxy) is 3. The first-order chi connectivity index (χ1) is 26.7. The molecule has 0 aromatic heterocycles. The molecule has 2 amide bonds. The van der Waals surface area contributed by atoms with Gasteiger partial charge < -0.3 is 29.7 Å². The molecule has 3 N–H and O–H groups in total. The Kier molecular flexibility index (Phi) is 9.11. The molecule has 8 rings (SSSR count). The van der Waals surface area contributed by atoms with Crippen LogP contribution < -0.4 is 19.7 Å². The van der Waals surface area contributed by atoms with Crippen molar-refractivity contribution in [3.8, 4) is 23.3 Å². The summed E-state index contributed by atoms with van der Waals surface area (Å²) >= 11 is 0. The predicted octanol–water partition coefficient (Wildman–Crippen LogP) is 5.72. The fraction of sp³-hybridized carbons (Fsp3) is 0.295. The summed E-state index contributed by atoms with van der Waals surface area (Å²) in [5, 5.41) is 24.0. The minimum atomic E-state index is -1.84. The van der Waals surface area contributed by atoms with Gasteiger partial charge >= 0.3 is 18.0 Å². The van der Waals surface area contributed by atoms with Gasteiger partial charge in [-0.25, -0.2) is 4.79 Å². The lowest BCUT2D eigenvalue weighted by Crippen LogP contribution is -2.66. The van der Waals surface area contributed by atoms with E-state index in [2.05, 4.69) is 17.2 Å². The van der Waals surface area contributed by atoms with E-state index in [0.29, 0.717) is 52.5 Å². The van der Waals surface area contributed by atoms with Gasteiger partial charge in [-0.15, -0.1) is 0 Å². The molecule has 3 heterocycles. The first-order valence-corrected chi connectivity index (χ1v) is 18.5. The van der Waals surface area contributed by atoms with Crippen molar-refractivity contribution >= 4 is 23.7 Å². The van der Waals surface area contributed by atoms with Crippen molar-refractivity contribution in [1.82, 2.24) is 10.2 Å². The Hall–Kier alpha value is -6.09. The number of rotatable bonds is 9. The summed E-state index contributed by atoms with van der Waals surface area (Å²) in [5.74, 6) is 4.94. The number of amides is 2. The zero-order valence-corrected chi connectivity index (χ0v) is 30.7. The van der Waals surface area contributed by atoms with Gasteiger partial charge in [0.1, 0.15) is 35.7 Å².